The van der Waals surface area contributed by atoms with Gasteiger partial charge in [0, 0.05) is 35.8 Å². The Labute approximate surface area is 196 Å². The molecule has 0 fully saturated rings. The summed E-state index contributed by atoms with van der Waals surface area (Å²) in [6, 6.07) is 15.2. The summed E-state index contributed by atoms with van der Waals surface area (Å²) in [7, 11) is 0. The normalized spacial score (nSPS) is 11.3. The van der Waals surface area contributed by atoms with Crippen LogP contribution in [0.1, 0.15) is 34.0 Å². The summed E-state index contributed by atoms with van der Waals surface area (Å²) in [6.07, 6.45) is 3.66. The summed E-state index contributed by atoms with van der Waals surface area (Å²) in [6.45, 7) is 6.89. The van der Waals surface area contributed by atoms with Gasteiger partial charge in [0.1, 0.15) is 0 Å². The number of fused-ring (bicyclic) bond motifs is 2. The van der Waals surface area contributed by atoms with Gasteiger partial charge in [-0.3, -0.25) is 14.3 Å². The summed E-state index contributed by atoms with van der Waals surface area (Å²) in [4.78, 5) is 33.7. The number of para-hydroxylation sites is 1. The van der Waals surface area contributed by atoms with Gasteiger partial charge in [-0.15, -0.1) is 0 Å². The van der Waals surface area contributed by atoms with Gasteiger partial charge in [-0.1, -0.05) is 30.3 Å². The van der Waals surface area contributed by atoms with Crippen molar-refractivity contribution in [2.45, 2.75) is 33.9 Å². The Balaban J connectivity index is 1.48. The number of hydrogen-bond acceptors (Lipinski definition) is 4. The average Bonchev–Trinajstić information content (AvgIpc) is 3.34. The number of rotatable bonds is 5. The number of amides is 1. The second-order valence-corrected chi connectivity index (χ2v) is 8.43. The van der Waals surface area contributed by atoms with E-state index in [1.807, 2.05) is 74.1 Å². The summed E-state index contributed by atoms with van der Waals surface area (Å²) < 4.78 is 1.82. The number of aromatic nitrogens is 4. The fourth-order valence-corrected chi connectivity index (χ4v) is 4.15. The molecule has 0 aliphatic rings. The fourth-order valence-electron chi connectivity index (χ4n) is 4.15. The molecule has 0 radical (unpaired) electrons. The molecule has 0 spiro atoms. The number of benzene rings is 2. The first kappa shape index (κ1) is 21.6. The minimum atomic E-state index is -0.262. The van der Waals surface area contributed by atoms with Gasteiger partial charge in [0.05, 0.1) is 28.5 Å². The first-order valence-electron chi connectivity index (χ1n) is 11.3. The van der Waals surface area contributed by atoms with Crippen LogP contribution in [0, 0.1) is 13.8 Å². The molecule has 0 saturated carbocycles. The highest BCUT2D eigenvalue weighted by Crippen LogP contribution is 2.25. The highest BCUT2D eigenvalue weighted by Gasteiger charge is 2.15. The van der Waals surface area contributed by atoms with Crippen LogP contribution in [-0.4, -0.2) is 25.7 Å². The zero-order valence-electron chi connectivity index (χ0n) is 19.3. The van der Waals surface area contributed by atoms with Crippen LogP contribution >= 0.6 is 0 Å². The average molecular weight is 452 g/mol. The molecule has 0 saturated heterocycles. The van der Waals surface area contributed by atoms with Crippen LogP contribution in [0.3, 0.4) is 0 Å². The van der Waals surface area contributed by atoms with E-state index in [2.05, 4.69) is 15.4 Å². The SMILES string of the molecule is CCn1cc(-c2cc(C(=O)NCc3cc4ccc(C)c(C)c4[nH]c3=O)c3ccccc3n2)cn1. The molecule has 34 heavy (non-hydrogen) atoms. The van der Waals surface area contributed by atoms with Crippen molar-refractivity contribution in [2.24, 2.45) is 0 Å². The minimum Gasteiger partial charge on any atom is -0.348 e. The lowest BCUT2D eigenvalue weighted by atomic mass is 10.0. The van der Waals surface area contributed by atoms with Crippen molar-refractivity contribution >= 4 is 27.7 Å². The third kappa shape index (κ3) is 3.85. The number of nitrogens with zero attached hydrogens (tertiary/aromatic N) is 3. The first-order chi connectivity index (χ1) is 16.4. The third-order valence-electron chi connectivity index (χ3n) is 6.28. The molecule has 3 aromatic heterocycles. The van der Waals surface area contributed by atoms with E-state index in [-0.39, 0.29) is 18.0 Å². The van der Waals surface area contributed by atoms with E-state index in [0.717, 1.165) is 45.0 Å². The molecule has 0 atom stereocenters. The molecule has 170 valence electrons. The molecule has 0 aliphatic carbocycles. The Hall–Kier alpha value is -4.26. The van der Waals surface area contributed by atoms with Crippen LogP contribution in [-0.2, 0) is 13.1 Å². The predicted molar refractivity (Wildman–Crippen MR) is 134 cm³/mol. The largest absolute Gasteiger partial charge is 0.348 e. The fraction of sp³-hybridized carbons (Fsp3) is 0.185. The zero-order valence-corrected chi connectivity index (χ0v) is 19.3. The zero-order chi connectivity index (χ0) is 23.8. The van der Waals surface area contributed by atoms with Crippen molar-refractivity contribution in [3.63, 3.8) is 0 Å². The van der Waals surface area contributed by atoms with Crippen LogP contribution in [0.15, 0.2) is 65.7 Å². The molecule has 5 rings (SSSR count). The van der Waals surface area contributed by atoms with Gasteiger partial charge in [-0.25, -0.2) is 4.98 Å². The van der Waals surface area contributed by atoms with E-state index >= 15 is 0 Å². The Morgan fingerprint density at radius 3 is 2.74 bits per heavy atom. The highest BCUT2D eigenvalue weighted by molar-refractivity contribution is 6.07. The number of H-pyrrole nitrogens is 1. The molecule has 0 aliphatic heterocycles. The van der Waals surface area contributed by atoms with Gasteiger partial charge >= 0.3 is 0 Å². The molecule has 1 amide bonds. The van der Waals surface area contributed by atoms with Crippen molar-refractivity contribution in [1.82, 2.24) is 25.1 Å². The minimum absolute atomic E-state index is 0.122. The predicted octanol–water partition coefficient (Wildman–Crippen LogP) is 4.51. The molecule has 2 N–H and O–H groups in total. The van der Waals surface area contributed by atoms with Gasteiger partial charge in [0.2, 0.25) is 0 Å². The van der Waals surface area contributed by atoms with Gasteiger partial charge in [-0.2, -0.15) is 5.10 Å². The molecule has 5 aromatic rings. The van der Waals surface area contributed by atoms with E-state index in [1.165, 1.54) is 0 Å². The molecule has 2 aromatic carbocycles. The number of nitrogens with one attached hydrogen (secondary N) is 2. The Kier molecular flexibility index (Phi) is 5.45. The maximum Gasteiger partial charge on any atom is 0.253 e. The van der Waals surface area contributed by atoms with Crippen molar-refractivity contribution in [1.29, 1.82) is 0 Å². The van der Waals surface area contributed by atoms with E-state index in [4.69, 9.17) is 4.98 Å². The number of carbonyl (C=O) groups is 1. The lowest BCUT2D eigenvalue weighted by Gasteiger charge is -2.11. The van der Waals surface area contributed by atoms with Crippen LogP contribution < -0.4 is 10.9 Å². The van der Waals surface area contributed by atoms with Gasteiger partial charge < -0.3 is 10.3 Å². The molecule has 0 unspecified atom stereocenters. The first-order valence-corrected chi connectivity index (χ1v) is 11.3. The number of aryl methyl sites for hydroxylation is 3. The van der Waals surface area contributed by atoms with Crippen molar-refractivity contribution in [3.05, 3.63) is 93.5 Å². The van der Waals surface area contributed by atoms with E-state index in [1.54, 1.807) is 12.3 Å². The molecular weight excluding hydrogens is 426 g/mol. The number of pyridine rings is 2. The lowest BCUT2D eigenvalue weighted by Crippen LogP contribution is -2.27. The quantitative estimate of drug-likeness (QED) is 0.411. The van der Waals surface area contributed by atoms with Crippen LogP contribution in [0.5, 0.6) is 0 Å². The van der Waals surface area contributed by atoms with Gasteiger partial charge in [0.15, 0.2) is 0 Å². The van der Waals surface area contributed by atoms with Crippen molar-refractivity contribution < 1.29 is 4.79 Å². The Morgan fingerprint density at radius 1 is 1.12 bits per heavy atom. The summed E-state index contributed by atoms with van der Waals surface area (Å²) in [5, 5.41) is 8.95. The van der Waals surface area contributed by atoms with E-state index < -0.39 is 0 Å². The molecule has 0 bridgehead atoms. The Morgan fingerprint density at radius 2 is 1.94 bits per heavy atom. The number of aromatic amines is 1. The maximum atomic E-state index is 13.3. The number of carbonyl (C=O) groups excluding carboxylic acids is 1. The van der Waals surface area contributed by atoms with Gasteiger partial charge in [-0.05, 0) is 55.5 Å². The summed E-state index contributed by atoms with van der Waals surface area (Å²) >= 11 is 0. The highest BCUT2D eigenvalue weighted by atomic mass is 16.1. The maximum absolute atomic E-state index is 13.3. The van der Waals surface area contributed by atoms with Crippen LogP contribution in [0.4, 0.5) is 0 Å². The smallest absolute Gasteiger partial charge is 0.253 e. The van der Waals surface area contributed by atoms with E-state index in [9.17, 15) is 9.59 Å². The molecule has 3 heterocycles. The third-order valence-corrected chi connectivity index (χ3v) is 6.28. The topological polar surface area (TPSA) is 92.7 Å². The monoisotopic (exact) mass is 451 g/mol. The number of hydrogen-bond donors (Lipinski definition) is 2. The second kappa shape index (κ2) is 8.59. The molecular formula is C27H25N5O2. The van der Waals surface area contributed by atoms with Crippen molar-refractivity contribution in [2.75, 3.05) is 0 Å². The van der Waals surface area contributed by atoms with Crippen LogP contribution in [0.2, 0.25) is 0 Å². The molecule has 7 nitrogen and oxygen atoms in total. The van der Waals surface area contributed by atoms with Gasteiger partial charge in [0.25, 0.3) is 11.5 Å². The van der Waals surface area contributed by atoms with E-state index in [0.29, 0.717) is 16.8 Å². The molecule has 7 heteroatoms. The Bertz CT molecular complexity index is 1610. The summed E-state index contributed by atoms with van der Waals surface area (Å²) in [5.41, 5.74) is 6.06. The second-order valence-electron chi connectivity index (χ2n) is 8.43. The van der Waals surface area contributed by atoms with Crippen molar-refractivity contribution in [3.8, 4) is 11.3 Å². The summed E-state index contributed by atoms with van der Waals surface area (Å²) in [5.74, 6) is -0.262. The van der Waals surface area contributed by atoms with Crippen LogP contribution in [0.25, 0.3) is 33.1 Å². The lowest BCUT2D eigenvalue weighted by molar-refractivity contribution is 0.0952. The standard InChI is InChI=1S/C27H25N5O2/c1-4-32-15-20(14-29-32)24-12-22(21-7-5-6-8-23(21)30-24)27(34)28-13-19-11-18-10-9-16(2)17(3)25(18)31-26(19)33/h5-12,14-15H,4,13H2,1-3H3,(H,28,34)(H,31,33).